The van der Waals surface area contributed by atoms with Crippen molar-refractivity contribution in [3.05, 3.63) is 36.2 Å². The van der Waals surface area contributed by atoms with Gasteiger partial charge in [-0.1, -0.05) is 28.7 Å². The Balaban J connectivity index is 1.58. The van der Waals surface area contributed by atoms with Gasteiger partial charge in [-0.2, -0.15) is 0 Å². The smallest absolute Gasteiger partial charge is 0.186 e. The molecule has 3 aromatic rings. The molecule has 0 spiro atoms. The normalized spacial score (nSPS) is 15.9. The first kappa shape index (κ1) is 10.9. The molecule has 1 saturated heterocycles. The van der Waals surface area contributed by atoms with Gasteiger partial charge in [-0.25, -0.2) is 9.67 Å². The van der Waals surface area contributed by atoms with Crippen LogP contribution >= 0.6 is 11.3 Å². The summed E-state index contributed by atoms with van der Waals surface area (Å²) >= 11 is 1.78. The number of fused-ring (bicyclic) bond motifs is 1. The Bertz CT molecular complexity index is 712. The fourth-order valence-corrected chi connectivity index (χ4v) is 3.45. The largest absolute Gasteiger partial charge is 0.344 e. The van der Waals surface area contributed by atoms with Crippen LogP contribution in [0.4, 0.5) is 5.13 Å². The number of aryl methyl sites for hydroxylation is 1. The molecule has 5 nitrogen and oxygen atoms in total. The van der Waals surface area contributed by atoms with Crippen LogP contribution in [0.5, 0.6) is 0 Å². The standard InChI is InChI=1S/C13H13N5S/c1-9-3-2-4-11-12(9)19-13(15-11)17-7-10(8-17)18-6-5-14-16-18/h2-6,10H,7-8H2,1H3. The minimum atomic E-state index is 0.426. The van der Waals surface area contributed by atoms with E-state index in [2.05, 4.69) is 40.3 Å². The average molecular weight is 271 g/mol. The molecule has 3 heterocycles. The number of benzene rings is 1. The fraction of sp³-hybridized carbons (Fsp3) is 0.308. The van der Waals surface area contributed by atoms with E-state index in [-0.39, 0.29) is 0 Å². The first-order chi connectivity index (χ1) is 9.31. The maximum absolute atomic E-state index is 4.71. The van der Waals surface area contributed by atoms with Gasteiger partial charge in [-0.3, -0.25) is 0 Å². The van der Waals surface area contributed by atoms with E-state index < -0.39 is 0 Å². The fourth-order valence-electron chi connectivity index (χ4n) is 2.40. The van der Waals surface area contributed by atoms with Gasteiger partial charge in [0.05, 0.1) is 22.5 Å². The molecule has 0 amide bonds. The van der Waals surface area contributed by atoms with Crippen molar-refractivity contribution in [2.24, 2.45) is 0 Å². The molecule has 1 aliphatic heterocycles. The summed E-state index contributed by atoms with van der Waals surface area (Å²) in [5.41, 5.74) is 2.40. The SMILES string of the molecule is Cc1cccc2nc(N3CC(n4ccnn4)C3)sc12. The van der Waals surface area contributed by atoms with E-state index in [0.717, 1.165) is 23.7 Å². The maximum Gasteiger partial charge on any atom is 0.186 e. The second-order valence-electron chi connectivity index (χ2n) is 4.86. The molecule has 0 unspecified atom stereocenters. The molecule has 0 atom stereocenters. The van der Waals surface area contributed by atoms with E-state index in [1.54, 1.807) is 17.5 Å². The Kier molecular flexibility index (Phi) is 2.32. The minimum Gasteiger partial charge on any atom is -0.344 e. The van der Waals surface area contributed by atoms with Gasteiger partial charge in [0.25, 0.3) is 0 Å². The van der Waals surface area contributed by atoms with Crippen LogP contribution in [0.15, 0.2) is 30.6 Å². The van der Waals surface area contributed by atoms with Crippen molar-refractivity contribution in [1.29, 1.82) is 0 Å². The maximum atomic E-state index is 4.71. The lowest BCUT2D eigenvalue weighted by atomic mass is 10.1. The number of rotatable bonds is 2. The highest BCUT2D eigenvalue weighted by atomic mass is 32.1. The molecule has 0 aliphatic carbocycles. The van der Waals surface area contributed by atoms with Gasteiger partial charge in [0.2, 0.25) is 0 Å². The van der Waals surface area contributed by atoms with Crippen molar-refractivity contribution in [1.82, 2.24) is 20.0 Å². The van der Waals surface area contributed by atoms with Gasteiger partial charge >= 0.3 is 0 Å². The first-order valence-corrected chi connectivity index (χ1v) is 7.10. The van der Waals surface area contributed by atoms with Gasteiger partial charge in [0.1, 0.15) is 0 Å². The van der Waals surface area contributed by atoms with Gasteiger partial charge in [0, 0.05) is 19.3 Å². The molecular weight excluding hydrogens is 258 g/mol. The van der Waals surface area contributed by atoms with Gasteiger partial charge in [-0.05, 0) is 18.6 Å². The molecule has 6 heteroatoms. The van der Waals surface area contributed by atoms with Gasteiger partial charge < -0.3 is 4.90 Å². The number of hydrogen-bond acceptors (Lipinski definition) is 5. The van der Waals surface area contributed by atoms with Crippen LogP contribution in [-0.2, 0) is 0 Å². The number of anilines is 1. The monoisotopic (exact) mass is 271 g/mol. The number of aromatic nitrogens is 4. The average Bonchev–Trinajstić information content (AvgIpc) is 2.96. The van der Waals surface area contributed by atoms with E-state index in [9.17, 15) is 0 Å². The highest BCUT2D eigenvalue weighted by Gasteiger charge is 2.30. The van der Waals surface area contributed by atoms with Crippen molar-refractivity contribution in [2.75, 3.05) is 18.0 Å². The third-order valence-electron chi connectivity index (χ3n) is 3.55. The minimum absolute atomic E-state index is 0.426. The molecule has 1 aromatic carbocycles. The molecule has 4 rings (SSSR count). The van der Waals surface area contributed by atoms with Crippen LogP contribution in [0.1, 0.15) is 11.6 Å². The van der Waals surface area contributed by atoms with Crippen LogP contribution in [0.2, 0.25) is 0 Å². The predicted molar refractivity (Wildman–Crippen MR) is 75.6 cm³/mol. The lowest BCUT2D eigenvalue weighted by Crippen LogP contribution is -2.48. The van der Waals surface area contributed by atoms with Crippen molar-refractivity contribution in [3.8, 4) is 0 Å². The van der Waals surface area contributed by atoms with E-state index in [0.29, 0.717) is 6.04 Å². The summed E-state index contributed by atoms with van der Waals surface area (Å²) in [5, 5.41) is 9.01. The second kappa shape index (κ2) is 4.03. The van der Waals surface area contributed by atoms with Gasteiger partial charge in [-0.15, -0.1) is 5.10 Å². The summed E-state index contributed by atoms with van der Waals surface area (Å²) < 4.78 is 3.22. The van der Waals surface area contributed by atoms with Crippen molar-refractivity contribution < 1.29 is 0 Å². The van der Waals surface area contributed by atoms with Crippen LogP contribution in [-0.4, -0.2) is 33.1 Å². The van der Waals surface area contributed by atoms with Crippen LogP contribution in [0.3, 0.4) is 0 Å². The topological polar surface area (TPSA) is 46.8 Å². The van der Waals surface area contributed by atoms with Crippen LogP contribution < -0.4 is 4.90 Å². The highest BCUT2D eigenvalue weighted by molar-refractivity contribution is 7.22. The third kappa shape index (κ3) is 1.71. The highest BCUT2D eigenvalue weighted by Crippen LogP contribution is 2.35. The first-order valence-electron chi connectivity index (χ1n) is 6.28. The van der Waals surface area contributed by atoms with Crippen molar-refractivity contribution >= 4 is 26.7 Å². The number of thiazole rings is 1. The Hall–Kier alpha value is -1.95. The molecular formula is C13H13N5S. The molecule has 0 bridgehead atoms. The Labute approximate surface area is 114 Å². The lowest BCUT2D eigenvalue weighted by Gasteiger charge is -2.38. The van der Waals surface area contributed by atoms with E-state index >= 15 is 0 Å². The Morgan fingerprint density at radius 1 is 1.32 bits per heavy atom. The Morgan fingerprint density at radius 3 is 2.95 bits per heavy atom. The number of nitrogens with zero attached hydrogens (tertiary/aromatic N) is 5. The summed E-state index contributed by atoms with van der Waals surface area (Å²) in [5.74, 6) is 0. The van der Waals surface area contributed by atoms with Crippen LogP contribution in [0.25, 0.3) is 10.2 Å². The summed E-state index contributed by atoms with van der Waals surface area (Å²) in [6.45, 7) is 4.06. The summed E-state index contributed by atoms with van der Waals surface area (Å²) in [4.78, 5) is 7.01. The molecule has 0 N–H and O–H groups in total. The Morgan fingerprint density at radius 2 is 2.21 bits per heavy atom. The van der Waals surface area contributed by atoms with Crippen molar-refractivity contribution in [3.63, 3.8) is 0 Å². The second-order valence-corrected chi connectivity index (χ2v) is 5.84. The van der Waals surface area contributed by atoms with Crippen molar-refractivity contribution in [2.45, 2.75) is 13.0 Å². The van der Waals surface area contributed by atoms with E-state index in [1.807, 2.05) is 10.9 Å². The third-order valence-corrected chi connectivity index (χ3v) is 4.82. The van der Waals surface area contributed by atoms with Gasteiger partial charge in [0.15, 0.2) is 5.13 Å². The predicted octanol–water partition coefficient (Wildman–Crippen LogP) is 2.26. The molecule has 19 heavy (non-hydrogen) atoms. The molecule has 1 fully saturated rings. The molecule has 1 aliphatic rings. The zero-order chi connectivity index (χ0) is 12.8. The molecule has 96 valence electrons. The zero-order valence-electron chi connectivity index (χ0n) is 10.5. The summed E-state index contributed by atoms with van der Waals surface area (Å²) in [6, 6.07) is 6.71. The molecule has 0 saturated carbocycles. The lowest BCUT2D eigenvalue weighted by molar-refractivity contribution is 0.361. The summed E-state index contributed by atoms with van der Waals surface area (Å²) in [7, 11) is 0. The number of hydrogen-bond donors (Lipinski definition) is 0. The molecule has 0 radical (unpaired) electrons. The quantitative estimate of drug-likeness (QED) is 0.717. The van der Waals surface area contributed by atoms with E-state index in [1.165, 1.54) is 10.3 Å². The summed E-state index contributed by atoms with van der Waals surface area (Å²) in [6.07, 6.45) is 3.65. The molecule has 2 aromatic heterocycles. The van der Waals surface area contributed by atoms with Crippen LogP contribution in [0, 0.1) is 6.92 Å². The van der Waals surface area contributed by atoms with E-state index in [4.69, 9.17) is 4.98 Å². The zero-order valence-corrected chi connectivity index (χ0v) is 11.3.